The van der Waals surface area contributed by atoms with Crippen molar-refractivity contribution in [3.8, 4) is 0 Å². The molecule has 0 amide bonds. The highest BCUT2D eigenvalue weighted by atomic mass is 79.9. The van der Waals surface area contributed by atoms with Gasteiger partial charge in [0.05, 0.1) is 6.04 Å². The smallest absolute Gasteiger partial charge is 0.0576 e. The van der Waals surface area contributed by atoms with Crippen LogP contribution >= 0.6 is 27.5 Å². The quantitative estimate of drug-likeness (QED) is 0.764. The Kier molecular flexibility index (Phi) is 2.96. The van der Waals surface area contributed by atoms with Crippen LogP contribution in [0.2, 0.25) is 5.02 Å². The number of anilines is 2. The molecule has 0 fully saturated rings. The van der Waals surface area contributed by atoms with Gasteiger partial charge >= 0.3 is 0 Å². The second-order valence-electron chi connectivity index (χ2n) is 4.44. The van der Waals surface area contributed by atoms with Gasteiger partial charge in [0.2, 0.25) is 0 Å². The van der Waals surface area contributed by atoms with Gasteiger partial charge in [-0.1, -0.05) is 33.6 Å². The SMILES string of the molecule is Nc1ccc(Br)cc1C1Cc2c(Cl)cccc2N1. The Morgan fingerprint density at radius 3 is 2.89 bits per heavy atom. The summed E-state index contributed by atoms with van der Waals surface area (Å²) in [7, 11) is 0. The van der Waals surface area contributed by atoms with Crippen LogP contribution in [0.5, 0.6) is 0 Å². The molecule has 0 saturated heterocycles. The Hall–Kier alpha value is -1.19. The van der Waals surface area contributed by atoms with Crippen molar-refractivity contribution in [2.24, 2.45) is 0 Å². The Bertz CT molecular complexity index is 613. The molecule has 1 unspecified atom stereocenters. The molecule has 1 aliphatic heterocycles. The zero-order valence-corrected chi connectivity index (χ0v) is 11.9. The van der Waals surface area contributed by atoms with E-state index in [0.29, 0.717) is 0 Å². The number of benzene rings is 2. The monoisotopic (exact) mass is 322 g/mol. The van der Waals surface area contributed by atoms with Crippen LogP contribution in [0.1, 0.15) is 17.2 Å². The summed E-state index contributed by atoms with van der Waals surface area (Å²) in [5.41, 5.74) is 10.2. The van der Waals surface area contributed by atoms with Gasteiger partial charge in [-0.3, -0.25) is 0 Å². The molecular weight excluding hydrogens is 312 g/mol. The first-order chi connectivity index (χ1) is 8.65. The van der Waals surface area contributed by atoms with Crippen molar-refractivity contribution in [2.45, 2.75) is 12.5 Å². The average molecular weight is 324 g/mol. The number of rotatable bonds is 1. The lowest BCUT2D eigenvalue weighted by Gasteiger charge is -2.14. The molecule has 1 aliphatic rings. The molecule has 3 rings (SSSR count). The van der Waals surface area contributed by atoms with E-state index in [1.54, 1.807) is 0 Å². The largest absolute Gasteiger partial charge is 0.398 e. The highest BCUT2D eigenvalue weighted by Crippen LogP contribution is 2.40. The number of nitrogens with one attached hydrogen (secondary N) is 1. The molecule has 0 bridgehead atoms. The number of hydrogen-bond donors (Lipinski definition) is 2. The summed E-state index contributed by atoms with van der Waals surface area (Å²) in [6.07, 6.45) is 0.871. The van der Waals surface area contributed by atoms with Crippen LogP contribution in [0.4, 0.5) is 11.4 Å². The van der Waals surface area contributed by atoms with Crippen molar-refractivity contribution in [1.82, 2.24) is 0 Å². The minimum atomic E-state index is 0.192. The Morgan fingerprint density at radius 2 is 2.11 bits per heavy atom. The lowest BCUT2D eigenvalue weighted by Crippen LogP contribution is -2.08. The maximum Gasteiger partial charge on any atom is 0.0576 e. The predicted octanol–water partition coefficient (Wildman–Crippen LogP) is 4.39. The highest BCUT2D eigenvalue weighted by Gasteiger charge is 2.25. The third-order valence-electron chi connectivity index (χ3n) is 3.28. The van der Waals surface area contributed by atoms with E-state index in [0.717, 1.165) is 32.9 Å². The lowest BCUT2D eigenvalue weighted by molar-refractivity contribution is 0.826. The lowest BCUT2D eigenvalue weighted by atomic mass is 10.0. The summed E-state index contributed by atoms with van der Waals surface area (Å²) in [6.45, 7) is 0. The Labute approximate surface area is 119 Å². The summed E-state index contributed by atoms with van der Waals surface area (Å²) in [5.74, 6) is 0. The van der Waals surface area contributed by atoms with E-state index in [4.69, 9.17) is 17.3 Å². The van der Waals surface area contributed by atoms with Gasteiger partial charge in [-0.05, 0) is 41.5 Å². The van der Waals surface area contributed by atoms with Crippen molar-refractivity contribution >= 4 is 38.9 Å². The fourth-order valence-corrected chi connectivity index (χ4v) is 3.01. The zero-order chi connectivity index (χ0) is 12.7. The van der Waals surface area contributed by atoms with Gasteiger partial charge in [-0.2, -0.15) is 0 Å². The Morgan fingerprint density at radius 1 is 1.28 bits per heavy atom. The first kappa shape index (κ1) is 11.9. The molecule has 2 nitrogen and oxygen atoms in total. The van der Waals surface area contributed by atoms with Crippen LogP contribution < -0.4 is 11.1 Å². The van der Waals surface area contributed by atoms with E-state index in [1.807, 2.05) is 24.3 Å². The fourth-order valence-electron chi connectivity index (χ4n) is 2.38. The molecule has 0 radical (unpaired) electrons. The second kappa shape index (κ2) is 4.48. The van der Waals surface area contributed by atoms with Gasteiger partial charge in [-0.25, -0.2) is 0 Å². The molecule has 0 spiro atoms. The van der Waals surface area contributed by atoms with E-state index in [-0.39, 0.29) is 6.04 Å². The summed E-state index contributed by atoms with van der Waals surface area (Å²) >= 11 is 9.70. The molecule has 2 aromatic carbocycles. The maximum atomic E-state index is 6.21. The number of nitrogens with two attached hydrogens (primary N) is 1. The normalized spacial score (nSPS) is 17.3. The number of hydrogen-bond acceptors (Lipinski definition) is 2. The summed E-state index contributed by atoms with van der Waals surface area (Å²) in [6, 6.07) is 12.1. The van der Waals surface area contributed by atoms with Gasteiger partial charge in [0.15, 0.2) is 0 Å². The van der Waals surface area contributed by atoms with Crippen LogP contribution in [0, 0.1) is 0 Å². The summed E-state index contributed by atoms with van der Waals surface area (Å²) < 4.78 is 1.04. The first-order valence-corrected chi connectivity index (χ1v) is 6.91. The van der Waals surface area contributed by atoms with Crippen LogP contribution in [0.3, 0.4) is 0 Å². The fraction of sp³-hybridized carbons (Fsp3) is 0.143. The van der Waals surface area contributed by atoms with Crippen LogP contribution in [-0.2, 0) is 6.42 Å². The van der Waals surface area contributed by atoms with E-state index in [9.17, 15) is 0 Å². The van der Waals surface area contributed by atoms with Crippen LogP contribution in [0.25, 0.3) is 0 Å². The third kappa shape index (κ3) is 1.98. The topological polar surface area (TPSA) is 38.0 Å². The predicted molar refractivity (Wildman–Crippen MR) is 80.1 cm³/mol. The standard InChI is InChI=1S/C14H12BrClN2/c15-8-4-5-12(17)10(6-8)14-7-9-11(16)2-1-3-13(9)18-14/h1-6,14,18H,7,17H2. The number of fused-ring (bicyclic) bond motifs is 1. The first-order valence-electron chi connectivity index (χ1n) is 5.74. The van der Waals surface area contributed by atoms with Gasteiger partial charge in [-0.15, -0.1) is 0 Å². The number of nitrogen functional groups attached to an aromatic ring is 1. The minimum absolute atomic E-state index is 0.192. The van der Waals surface area contributed by atoms with E-state index < -0.39 is 0 Å². The molecule has 18 heavy (non-hydrogen) atoms. The average Bonchev–Trinajstić information content (AvgIpc) is 2.77. The molecule has 3 N–H and O–H groups in total. The second-order valence-corrected chi connectivity index (χ2v) is 5.76. The molecule has 1 atom stereocenters. The van der Waals surface area contributed by atoms with E-state index in [2.05, 4.69) is 33.4 Å². The van der Waals surface area contributed by atoms with Crippen molar-refractivity contribution in [2.75, 3.05) is 11.1 Å². The third-order valence-corrected chi connectivity index (χ3v) is 4.13. The van der Waals surface area contributed by atoms with Gasteiger partial charge in [0.1, 0.15) is 0 Å². The molecule has 0 aliphatic carbocycles. The molecule has 2 aromatic rings. The molecule has 0 aromatic heterocycles. The zero-order valence-electron chi connectivity index (χ0n) is 9.58. The summed E-state index contributed by atoms with van der Waals surface area (Å²) in [4.78, 5) is 0. The van der Waals surface area contributed by atoms with E-state index >= 15 is 0 Å². The van der Waals surface area contributed by atoms with Gasteiger partial charge < -0.3 is 11.1 Å². The Balaban J connectivity index is 1.99. The van der Waals surface area contributed by atoms with Crippen molar-refractivity contribution in [3.05, 3.63) is 57.0 Å². The highest BCUT2D eigenvalue weighted by molar-refractivity contribution is 9.10. The van der Waals surface area contributed by atoms with Crippen LogP contribution in [-0.4, -0.2) is 0 Å². The number of halogens is 2. The van der Waals surface area contributed by atoms with Crippen LogP contribution in [0.15, 0.2) is 40.9 Å². The molecule has 1 heterocycles. The molecular formula is C14H12BrClN2. The minimum Gasteiger partial charge on any atom is -0.398 e. The van der Waals surface area contributed by atoms with Crippen molar-refractivity contribution in [3.63, 3.8) is 0 Å². The molecule has 0 saturated carbocycles. The summed E-state index contributed by atoms with van der Waals surface area (Å²) in [5, 5.41) is 4.29. The van der Waals surface area contributed by atoms with Gasteiger partial charge in [0.25, 0.3) is 0 Å². The van der Waals surface area contributed by atoms with Crippen molar-refractivity contribution in [1.29, 1.82) is 0 Å². The molecule has 92 valence electrons. The van der Waals surface area contributed by atoms with E-state index in [1.165, 1.54) is 5.56 Å². The molecule has 4 heteroatoms. The van der Waals surface area contributed by atoms with Crippen molar-refractivity contribution < 1.29 is 0 Å². The maximum absolute atomic E-state index is 6.21. The van der Waals surface area contributed by atoms with Gasteiger partial charge in [0, 0.05) is 27.3 Å².